The van der Waals surface area contributed by atoms with Crippen LogP contribution in [0, 0.1) is 6.92 Å². The summed E-state index contributed by atoms with van der Waals surface area (Å²) in [5.74, 6) is -0.262. The highest BCUT2D eigenvalue weighted by molar-refractivity contribution is 6.33. The van der Waals surface area contributed by atoms with Gasteiger partial charge >= 0.3 is 5.97 Å². The van der Waals surface area contributed by atoms with E-state index in [9.17, 15) is 9.59 Å². The van der Waals surface area contributed by atoms with Gasteiger partial charge in [-0.05, 0) is 51.1 Å². The van der Waals surface area contributed by atoms with Crippen LogP contribution in [0.25, 0.3) is 0 Å². The Morgan fingerprint density at radius 2 is 1.84 bits per heavy atom. The van der Waals surface area contributed by atoms with Crippen LogP contribution >= 0.6 is 11.6 Å². The summed E-state index contributed by atoms with van der Waals surface area (Å²) in [6, 6.07) is 12.1. The second-order valence-corrected chi connectivity index (χ2v) is 5.88. The third kappa shape index (κ3) is 5.22. The van der Waals surface area contributed by atoms with Crippen LogP contribution < -0.4 is 10.1 Å². The summed E-state index contributed by atoms with van der Waals surface area (Å²) < 4.78 is 10.6. The van der Waals surface area contributed by atoms with Crippen molar-refractivity contribution in [3.63, 3.8) is 0 Å². The van der Waals surface area contributed by atoms with Gasteiger partial charge in [-0.1, -0.05) is 29.3 Å². The van der Waals surface area contributed by atoms with Gasteiger partial charge in [0.2, 0.25) is 0 Å². The van der Waals surface area contributed by atoms with Crippen molar-refractivity contribution in [3.8, 4) is 5.75 Å². The second kappa shape index (κ2) is 8.53. The summed E-state index contributed by atoms with van der Waals surface area (Å²) >= 11 is 6.01. The Morgan fingerprint density at radius 3 is 2.48 bits per heavy atom. The number of carbonyl (C=O) groups is 2. The zero-order valence-corrected chi connectivity index (χ0v) is 15.1. The first kappa shape index (κ1) is 18.8. The molecule has 132 valence electrons. The molecule has 0 fully saturated rings. The van der Waals surface area contributed by atoms with E-state index in [4.69, 9.17) is 21.1 Å². The number of benzene rings is 2. The first-order valence-electron chi connectivity index (χ1n) is 7.91. The molecule has 0 bridgehead atoms. The topological polar surface area (TPSA) is 64.6 Å². The van der Waals surface area contributed by atoms with Crippen molar-refractivity contribution in [3.05, 3.63) is 58.6 Å². The number of anilines is 1. The first-order chi connectivity index (χ1) is 11.9. The third-order valence-electron chi connectivity index (χ3n) is 3.43. The van der Waals surface area contributed by atoms with Crippen molar-refractivity contribution in [1.82, 2.24) is 0 Å². The van der Waals surface area contributed by atoms with Gasteiger partial charge in [0, 0.05) is 5.69 Å². The molecule has 25 heavy (non-hydrogen) atoms. The van der Waals surface area contributed by atoms with Crippen LogP contribution in [0.5, 0.6) is 5.75 Å². The molecule has 5 nitrogen and oxygen atoms in total. The molecular formula is C19H20ClNO4. The first-order valence-corrected chi connectivity index (χ1v) is 8.29. The second-order valence-electron chi connectivity index (χ2n) is 5.48. The molecule has 0 saturated carbocycles. The molecule has 0 aliphatic heterocycles. The lowest BCUT2D eigenvalue weighted by Crippen LogP contribution is -2.30. The van der Waals surface area contributed by atoms with E-state index in [0.717, 1.165) is 5.56 Å². The molecule has 0 heterocycles. The fourth-order valence-corrected chi connectivity index (χ4v) is 2.28. The van der Waals surface area contributed by atoms with Gasteiger partial charge < -0.3 is 14.8 Å². The summed E-state index contributed by atoms with van der Waals surface area (Å²) in [6.07, 6.45) is -0.704. The van der Waals surface area contributed by atoms with Crippen molar-refractivity contribution >= 4 is 29.2 Å². The van der Waals surface area contributed by atoms with Crippen molar-refractivity contribution in [1.29, 1.82) is 0 Å². The van der Waals surface area contributed by atoms with Crippen molar-refractivity contribution in [2.75, 3.05) is 11.9 Å². The van der Waals surface area contributed by atoms with Gasteiger partial charge in [0.25, 0.3) is 5.91 Å². The molecule has 6 heteroatoms. The molecule has 0 aromatic heterocycles. The molecule has 0 aliphatic carbocycles. The summed E-state index contributed by atoms with van der Waals surface area (Å²) in [5.41, 5.74) is 1.75. The van der Waals surface area contributed by atoms with Crippen LogP contribution in [-0.2, 0) is 9.53 Å². The molecule has 0 spiro atoms. The van der Waals surface area contributed by atoms with Gasteiger partial charge in [0.15, 0.2) is 6.10 Å². The maximum atomic E-state index is 12.3. The monoisotopic (exact) mass is 361 g/mol. The zero-order valence-electron chi connectivity index (χ0n) is 14.3. The summed E-state index contributed by atoms with van der Waals surface area (Å²) in [4.78, 5) is 24.2. The number of ether oxygens (including phenoxy) is 2. The maximum Gasteiger partial charge on any atom is 0.339 e. The summed E-state index contributed by atoms with van der Waals surface area (Å²) in [7, 11) is 0. The van der Waals surface area contributed by atoms with Crippen LogP contribution in [0.1, 0.15) is 29.8 Å². The average molecular weight is 362 g/mol. The SMILES string of the molecule is CCOC(=O)c1cc(NC(=O)[C@H](C)Oc2ccc(C)cc2)ccc1Cl. The van der Waals surface area contributed by atoms with Gasteiger partial charge in [-0.3, -0.25) is 4.79 Å². The molecule has 1 amide bonds. The smallest absolute Gasteiger partial charge is 0.339 e. The molecule has 2 aromatic carbocycles. The van der Waals surface area contributed by atoms with E-state index in [1.54, 1.807) is 32.0 Å². The molecule has 0 unspecified atom stereocenters. The molecule has 0 aliphatic rings. The van der Waals surface area contributed by atoms with E-state index in [0.29, 0.717) is 11.4 Å². The molecule has 1 N–H and O–H groups in total. The Labute approximate surface area is 151 Å². The van der Waals surface area contributed by atoms with Gasteiger partial charge in [-0.25, -0.2) is 4.79 Å². The lowest BCUT2D eigenvalue weighted by molar-refractivity contribution is -0.122. The highest BCUT2D eigenvalue weighted by Gasteiger charge is 2.17. The molecule has 1 atom stereocenters. The Morgan fingerprint density at radius 1 is 1.16 bits per heavy atom. The largest absolute Gasteiger partial charge is 0.481 e. The molecule has 0 radical (unpaired) electrons. The number of carbonyl (C=O) groups excluding carboxylic acids is 2. The van der Waals surface area contributed by atoms with Gasteiger partial charge in [0.05, 0.1) is 17.2 Å². The quantitative estimate of drug-likeness (QED) is 0.782. The van der Waals surface area contributed by atoms with Crippen LogP contribution in [0.3, 0.4) is 0 Å². The molecule has 0 saturated heterocycles. The van der Waals surface area contributed by atoms with Crippen molar-refractivity contribution in [2.24, 2.45) is 0 Å². The van der Waals surface area contributed by atoms with Gasteiger partial charge in [0.1, 0.15) is 5.75 Å². The van der Waals surface area contributed by atoms with E-state index in [1.807, 2.05) is 19.1 Å². The number of hydrogen-bond acceptors (Lipinski definition) is 4. The number of amides is 1. The maximum absolute atomic E-state index is 12.3. The Bertz CT molecular complexity index is 759. The third-order valence-corrected chi connectivity index (χ3v) is 3.76. The van der Waals surface area contributed by atoms with Crippen molar-refractivity contribution in [2.45, 2.75) is 26.9 Å². The summed E-state index contributed by atoms with van der Waals surface area (Å²) in [6.45, 7) is 5.58. The van der Waals surface area contributed by atoms with Gasteiger partial charge in [-0.15, -0.1) is 0 Å². The normalized spacial score (nSPS) is 11.5. The number of halogens is 1. The summed E-state index contributed by atoms with van der Waals surface area (Å²) in [5, 5.41) is 2.97. The average Bonchev–Trinajstić information content (AvgIpc) is 2.58. The highest BCUT2D eigenvalue weighted by Crippen LogP contribution is 2.22. The minimum atomic E-state index is -0.704. The number of hydrogen-bond donors (Lipinski definition) is 1. The number of nitrogens with one attached hydrogen (secondary N) is 1. The Hall–Kier alpha value is -2.53. The minimum Gasteiger partial charge on any atom is -0.481 e. The number of rotatable bonds is 6. The molecule has 2 rings (SSSR count). The number of esters is 1. The predicted octanol–water partition coefficient (Wildman–Crippen LogP) is 4.23. The van der Waals surface area contributed by atoms with E-state index in [1.165, 1.54) is 12.1 Å². The van der Waals surface area contributed by atoms with Gasteiger partial charge in [-0.2, -0.15) is 0 Å². The fourth-order valence-electron chi connectivity index (χ4n) is 2.09. The van der Waals surface area contributed by atoms with Crippen molar-refractivity contribution < 1.29 is 19.1 Å². The number of aryl methyl sites for hydroxylation is 1. The lowest BCUT2D eigenvalue weighted by atomic mass is 10.2. The molecule has 2 aromatic rings. The molecular weight excluding hydrogens is 342 g/mol. The van der Waals surface area contributed by atoms with Crippen LogP contribution in [0.4, 0.5) is 5.69 Å². The van der Waals surface area contributed by atoms with Crippen LogP contribution in [-0.4, -0.2) is 24.6 Å². The van der Waals surface area contributed by atoms with E-state index < -0.39 is 12.1 Å². The van der Waals surface area contributed by atoms with Crippen LogP contribution in [0.15, 0.2) is 42.5 Å². The minimum absolute atomic E-state index is 0.202. The van der Waals surface area contributed by atoms with E-state index in [-0.39, 0.29) is 23.1 Å². The lowest BCUT2D eigenvalue weighted by Gasteiger charge is -2.15. The highest BCUT2D eigenvalue weighted by atomic mass is 35.5. The fraction of sp³-hybridized carbons (Fsp3) is 0.263. The zero-order chi connectivity index (χ0) is 18.4. The predicted molar refractivity (Wildman–Crippen MR) is 97.3 cm³/mol. The Balaban J connectivity index is 2.05. The Kier molecular flexibility index (Phi) is 6.42. The van der Waals surface area contributed by atoms with E-state index in [2.05, 4.69) is 5.32 Å². The standard InChI is InChI=1S/C19H20ClNO4/c1-4-24-19(23)16-11-14(7-10-17(16)20)21-18(22)13(3)25-15-8-5-12(2)6-9-15/h5-11,13H,4H2,1-3H3,(H,21,22)/t13-/m0/s1. The van der Waals surface area contributed by atoms with E-state index >= 15 is 0 Å². The van der Waals surface area contributed by atoms with Crippen LogP contribution in [0.2, 0.25) is 5.02 Å².